The van der Waals surface area contributed by atoms with Gasteiger partial charge in [-0.25, -0.2) is 8.42 Å². The van der Waals surface area contributed by atoms with Crippen molar-refractivity contribution in [1.82, 2.24) is 10.2 Å². The van der Waals surface area contributed by atoms with Gasteiger partial charge in [-0.2, -0.15) is 0 Å². The maximum Gasteiger partial charge on any atom is 0.264 e. The Morgan fingerprint density at radius 3 is 2.03 bits per heavy atom. The molecule has 1 N–H and O–H groups in total. The summed E-state index contributed by atoms with van der Waals surface area (Å²) in [6.07, 6.45) is 0.904. The number of carbonyl (C=O) groups is 2. The van der Waals surface area contributed by atoms with E-state index < -0.39 is 28.5 Å². The predicted octanol–water partition coefficient (Wildman–Crippen LogP) is 4.91. The summed E-state index contributed by atoms with van der Waals surface area (Å²) in [6.45, 7) is 5.35. The summed E-state index contributed by atoms with van der Waals surface area (Å²) in [7, 11) is -4.11. The lowest BCUT2D eigenvalue weighted by molar-refractivity contribution is -0.139. The highest BCUT2D eigenvalue weighted by molar-refractivity contribution is 7.92. The molecule has 38 heavy (non-hydrogen) atoms. The van der Waals surface area contributed by atoms with E-state index in [1.165, 1.54) is 29.2 Å². The molecule has 9 heteroatoms. The highest BCUT2D eigenvalue weighted by atomic mass is 35.5. The van der Waals surface area contributed by atoms with Gasteiger partial charge in [-0.3, -0.25) is 13.9 Å². The first-order chi connectivity index (χ1) is 18.1. The molecular weight excluding hydrogens is 522 g/mol. The van der Waals surface area contributed by atoms with Crippen molar-refractivity contribution < 1.29 is 18.0 Å². The zero-order chi connectivity index (χ0) is 27.7. The lowest BCUT2D eigenvalue weighted by Gasteiger charge is -2.33. The topological polar surface area (TPSA) is 86.8 Å². The Morgan fingerprint density at radius 2 is 1.47 bits per heavy atom. The zero-order valence-electron chi connectivity index (χ0n) is 21.9. The Labute approximate surface area is 230 Å². The van der Waals surface area contributed by atoms with Gasteiger partial charge in [0.2, 0.25) is 11.8 Å². The van der Waals surface area contributed by atoms with Gasteiger partial charge in [0.05, 0.1) is 10.6 Å². The Hall–Kier alpha value is -3.36. The molecule has 0 aliphatic carbocycles. The SMILES string of the molecule is CC[C@H](C(=O)NC(C)C)N(CCc1ccccc1)C(=O)CN(c1ccccc1)S(=O)(=O)c1ccc(Cl)cc1. The number of rotatable bonds is 12. The maximum atomic E-state index is 13.9. The van der Waals surface area contributed by atoms with Crippen LogP contribution in [0, 0.1) is 0 Å². The number of sulfonamides is 1. The monoisotopic (exact) mass is 555 g/mol. The minimum absolute atomic E-state index is 0.0129. The van der Waals surface area contributed by atoms with Crippen LogP contribution in [-0.2, 0) is 26.0 Å². The molecule has 0 radical (unpaired) electrons. The largest absolute Gasteiger partial charge is 0.352 e. The van der Waals surface area contributed by atoms with E-state index in [-0.39, 0.29) is 23.4 Å². The predicted molar refractivity (Wildman–Crippen MR) is 152 cm³/mol. The van der Waals surface area contributed by atoms with Gasteiger partial charge in [0.25, 0.3) is 10.0 Å². The first-order valence-electron chi connectivity index (χ1n) is 12.6. The van der Waals surface area contributed by atoms with E-state index in [1.807, 2.05) is 51.1 Å². The molecule has 202 valence electrons. The summed E-state index contributed by atoms with van der Waals surface area (Å²) in [4.78, 5) is 28.5. The Bertz CT molecular complexity index is 1300. The molecule has 0 spiro atoms. The molecule has 0 fully saturated rings. The standard InChI is InChI=1S/C29H34ClN3O4S/c1-4-27(29(35)31-22(2)3)32(20-19-23-11-7-5-8-12-23)28(34)21-33(25-13-9-6-10-14-25)38(36,37)26-17-15-24(30)16-18-26/h5-18,22,27H,4,19-21H2,1-3H3,(H,31,35)/t27-/m1/s1. The number of nitrogens with zero attached hydrogens (tertiary/aromatic N) is 2. The number of carbonyl (C=O) groups excluding carboxylic acids is 2. The molecular formula is C29H34ClN3O4S. The van der Waals surface area contributed by atoms with Crippen molar-refractivity contribution in [2.75, 3.05) is 17.4 Å². The third-order valence-corrected chi connectivity index (χ3v) is 8.07. The average molecular weight is 556 g/mol. The lowest BCUT2D eigenvalue weighted by atomic mass is 10.1. The summed E-state index contributed by atoms with van der Waals surface area (Å²) < 4.78 is 28.6. The second-order valence-electron chi connectivity index (χ2n) is 9.21. The highest BCUT2D eigenvalue weighted by Crippen LogP contribution is 2.25. The van der Waals surface area contributed by atoms with Gasteiger partial charge in [-0.1, -0.05) is 67.1 Å². The van der Waals surface area contributed by atoms with Crippen molar-refractivity contribution in [2.24, 2.45) is 0 Å². The van der Waals surface area contributed by atoms with E-state index >= 15 is 0 Å². The van der Waals surface area contributed by atoms with Crippen LogP contribution >= 0.6 is 11.6 Å². The minimum Gasteiger partial charge on any atom is -0.352 e. The molecule has 2 amide bonds. The van der Waals surface area contributed by atoms with Crippen LogP contribution in [0.25, 0.3) is 0 Å². The van der Waals surface area contributed by atoms with E-state index in [9.17, 15) is 18.0 Å². The lowest BCUT2D eigenvalue weighted by Crippen LogP contribution is -2.54. The van der Waals surface area contributed by atoms with Gasteiger partial charge in [-0.05, 0) is 68.7 Å². The average Bonchev–Trinajstić information content (AvgIpc) is 2.90. The molecule has 1 atom stereocenters. The van der Waals surface area contributed by atoms with Crippen LogP contribution in [0.1, 0.15) is 32.8 Å². The highest BCUT2D eigenvalue weighted by Gasteiger charge is 2.33. The fourth-order valence-corrected chi connectivity index (χ4v) is 5.67. The Balaban J connectivity index is 1.98. The zero-order valence-corrected chi connectivity index (χ0v) is 23.5. The third-order valence-electron chi connectivity index (χ3n) is 6.03. The number of halogens is 1. The van der Waals surface area contributed by atoms with Gasteiger partial charge in [0.15, 0.2) is 0 Å². The van der Waals surface area contributed by atoms with E-state index in [0.717, 1.165) is 9.87 Å². The van der Waals surface area contributed by atoms with Crippen LogP contribution in [0.3, 0.4) is 0 Å². The third kappa shape index (κ3) is 7.58. The van der Waals surface area contributed by atoms with Crippen LogP contribution in [0.5, 0.6) is 0 Å². The first kappa shape index (κ1) is 29.2. The molecule has 3 aromatic carbocycles. The van der Waals surface area contributed by atoms with Crippen molar-refractivity contribution in [2.45, 2.75) is 50.6 Å². The molecule has 0 saturated heterocycles. The smallest absolute Gasteiger partial charge is 0.264 e. The molecule has 0 bridgehead atoms. The number of benzene rings is 3. The molecule has 7 nitrogen and oxygen atoms in total. The van der Waals surface area contributed by atoms with Gasteiger partial charge in [0, 0.05) is 17.6 Å². The van der Waals surface area contributed by atoms with Gasteiger partial charge in [-0.15, -0.1) is 0 Å². The second kappa shape index (κ2) is 13.4. The molecule has 0 unspecified atom stereocenters. The molecule has 3 rings (SSSR count). The van der Waals surface area contributed by atoms with E-state index in [1.54, 1.807) is 30.3 Å². The minimum atomic E-state index is -4.11. The van der Waals surface area contributed by atoms with Crippen LogP contribution in [0.2, 0.25) is 5.02 Å². The van der Waals surface area contributed by atoms with Gasteiger partial charge in [0.1, 0.15) is 12.6 Å². The molecule has 0 aliphatic heterocycles. The number of amides is 2. The molecule has 0 saturated carbocycles. The van der Waals surface area contributed by atoms with Crippen molar-refractivity contribution in [3.8, 4) is 0 Å². The van der Waals surface area contributed by atoms with Crippen LogP contribution in [0.15, 0.2) is 89.8 Å². The van der Waals surface area contributed by atoms with Crippen molar-refractivity contribution in [3.63, 3.8) is 0 Å². The first-order valence-corrected chi connectivity index (χ1v) is 14.4. The second-order valence-corrected chi connectivity index (χ2v) is 11.5. The normalized spacial score (nSPS) is 12.1. The quantitative estimate of drug-likeness (QED) is 0.344. The summed E-state index contributed by atoms with van der Waals surface area (Å²) >= 11 is 5.98. The number of nitrogens with one attached hydrogen (secondary N) is 1. The Morgan fingerprint density at radius 1 is 0.895 bits per heavy atom. The summed E-state index contributed by atoms with van der Waals surface area (Å²) in [5, 5.41) is 3.30. The molecule has 0 heterocycles. The van der Waals surface area contributed by atoms with Crippen LogP contribution < -0.4 is 9.62 Å². The van der Waals surface area contributed by atoms with Crippen LogP contribution in [-0.4, -0.2) is 50.3 Å². The van der Waals surface area contributed by atoms with E-state index in [4.69, 9.17) is 11.6 Å². The van der Waals surface area contributed by atoms with E-state index in [0.29, 0.717) is 23.6 Å². The molecule has 3 aromatic rings. The van der Waals surface area contributed by atoms with Gasteiger partial charge < -0.3 is 10.2 Å². The fraction of sp³-hybridized carbons (Fsp3) is 0.310. The number of hydrogen-bond donors (Lipinski definition) is 1. The molecule has 0 aromatic heterocycles. The van der Waals surface area contributed by atoms with Crippen molar-refractivity contribution >= 4 is 39.1 Å². The number of anilines is 1. The van der Waals surface area contributed by atoms with Gasteiger partial charge >= 0.3 is 0 Å². The maximum absolute atomic E-state index is 13.9. The van der Waals surface area contributed by atoms with Crippen molar-refractivity contribution in [1.29, 1.82) is 0 Å². The summed E-state index contributed by atoms with van der Waals surface area (Å²) in [5.74, 6) is -0.733. The summed E-state index contributed by atoms with van der Waals surface area (Å²) in [5.41, 5.74) is 1.36. The fourth-order valence-electron chi connectivity index (χ4n) is 4.13. The summed E-state index contributed by atoms with van der Waals surface area (Å²) in [6, 6.07) is 23.1. The van der Waals surface area contributed by atoms with E-state index in [2.05, 4.69) is 5.32 Å². The number of hydrogen-bond acceptors (Lipinski definition) is 4. The molecule has 0 aliphatic rings. The Kier molecular flexibility index (Phi) is 10.3. The van der Waals surface area contributed by atoms with Crippen LogP contribution in [0.4, 0.5) is 5.69 Å². The van der Waals surface area contributed by atoms with Crippen molar-refractivity contribution in [3.05, 3.63) is 95.5 Å². The number of para-hydroxylation sites is 1.